The van der Waals surface area contributed by atoms with Gasteiger partial charge < -0.3 is 10.8 Å². The van der Waals surface area contributed by atoms with Gasteiger partial charge in [0.25, 0.3) is 10.0 Å². The quantitative estimate of drug-likeness (QED) is 0.600. The maximum atomic E-state index is 12.2. The number of nitrogen functional groups attached to an aromatic ring is 1. The van der Waals surface area contributed by atoms with E-state index < -0.39 is 10.0 Å². The van der Waals surface area contributed by atoms with Crippen molar-refractivity contribution in [3.8, 4) is 5.75 Å². The maximum absolute atomic E-state index is 12.2. The fourth-order valence-corrected chi connectivity index (χ4v) is 3.06. The van der Waals surface area contributed by atoms with Gasteiger partial charge in [0.2, 0.25) is 0 Å². The van der Waals surface area contributed by atoms with Gasteiger partial charge in [0.1, 0.15) is 5.75 Å². The van der Waals surface area contributed by atoms with E-state index in [0.29, 0.717) is 5.02 Å². The summed E-state index contributed by atoms with van der Waals surface area (Å²) in [6, 6.07) is 8.65. The monoisotopic (exact) mass is 312 g/mol. The lowest BCUT2D eigenvalue weighted by molar-refractivity contribution is 0.477. The van der Waals surface area contributed by atoms with Gasteiger partial charge in [0.15, 0.2) is 0 Å². The molecule has 0 aliphatic heterocycles. The largest absolute Gasteiger partial charge is 0.506 e. The summed E-state index contributed by atoms with van der Waals surface area (Å²) in [4.78, 5) is -0.0514. The van der Waals surface area contributed by atoms with Crippen LogP contribution in [0.5, 0.6) is 5.75 Å². The number of rotatable bonds is 3. The molecule has 2 rings (SSSR count). The number of halogens is 1. The average Bonchev–Trinajstić information content (AvgIpc) is 2.36. The summed E-state index contributed by atoms with van der Waals surface area (Å²) in [6.07, 6.45) is 0. The molecule has 0 saturated carbocycles. The molecule has 0 heterocycles. The number of aromatic hydroxyl groups is 1. The van der Waals surface area contributed by atoms with Crippen molar-refractivity contribution in [1.82, 2.24) is 0 Å². The van der Waals surface area contributed by atoms with Gasteiger partial charge in [0.05, 0.1) is 21.3 Å². The molecule has 0 amide bonds. The van der Waals surface area contributed by atoms with Crippen LogP contribution in [0.1, 0.15) is 5.56 Å². The predicted octanol–water partition coefficient (Wildman–Crippen LogP) is 2.74. The van der Waals surface area contributed by atoms with E-state index in [1.807, 2.05) is 6.92 Å². The summed E-state index contributed by atoms with van der Waals surface area (Å²) in [7, 11) is -3.81. The number of hydrogen-bond donors (Lipinski definition) is 3. The van der Waals surface area contributed by atoms with Crippen LogP contribution in [0.2, 0.25) is 5.02 Å². The topological polar surface area (TPSA) is 92.4 Å². The average molecular weight is 313 g/mol. The van der Waals surface area contributed by atoms with Crippen LogP contribution in [-0.2, 0) is 10.0 Å². The Balaban J connectivity index is 2.38. The molecule has 0 aliphatic carbocycles. The van der Waals surface area contributed by atoms with E-state index >= 15 is 0 Å². The summed E-state index contributed by atoms with van der Waals surface area (Å²) in [5.74, 6) is -0.169. The minimum absolute atomic E-state index is 0.0112. The smallest absolute Gasteiger partial charge is 0.262 e. The van der Waals surface area contributed by atoms with Crippen LogP contribution in [-0.4, -0.2) is 13.5 Å². The first-order chi connectivity index (χ1) is 9.29. The van der Waals surface area contributed by atoms with Gasteiger partial charge in [-0.1, -0.05) is 17.7 Å². The molecular formula is C13H13ClN2O3S. The predicted molar refractivity (Wildman–Crippen MR) is 79.5 cm³/mol. The molecule has 0 aliphatic rings. The highest BCUT2D eigenvalue weighted by Gasteiger charge is 2.17. The van der Waals surface area contributed by atoms with Gasteiger partial charge in [-0.2, -0.15) is 0 Å². The first-order valence-electron chi connectivity index (χ1n) is 5.67. The van der Waals surface area contributed by atoms with E-state index in [0.717, 1.165) is 5.56 Å². The molecule has 5 nitrogen and oxygen atoms in total. The zero-order valence-corrected chi connectivity index (χ0v) is 12.2. The second-order valence-electron chi connectivity index (χ2n) is 4.31. The molecule has 0 spiro atoms. The zero-order chi connectivity index (χ0) is 14.9. The molecule has 0 unspecified atom stereocenters. The molecule has 2 aromatic rings. The highest BCUT2D eigenvalue weighted by Crippen LogP contribution is 2.28. The fraction of sp³-hybridized carbons (Fsp3) is 0.0769. The third kappa shape index (κ3) is 2.97. The van der Waals surface area contributed by atoms with E-state index in [-0.39, 0.29) is 22.0 Å². The molecule has 106 valence electrons. The summed E-state index contributed by atoms with van der Waals surface area (Å²) in [5.41, 5.74) is 6.69. The van der Waals surface area contributed by atoms with Gasteiger partial charge in [-0.3, -0.25) is 4.72 Å². The molecule has 0 saturated heterocycles. The van der Waals surface area contributed by atoms with E-state index in [2.05, 4.69) is 4.72 Å². The first-order valence-corrected chi connectivity index (χ1v) is 7.53. The van der Waals surface area contributed by atoms with E-state index in [1.165, 1.54) is 18.2 Å². The number of anilines is 2. The molecule has 0 fully saturated rings. The van der Waals surface area contributed by atoms with E-state index in [1.54, 1.807) is 18.2 Å². The Hall–Kier alpha value is -1.92. The molecular weight excluding hydrogens is 300 g/mol. The van der Waals surface area contributed by atoms with Crippen molar-refractivity contribution >= 4 is 33.0 Å². The standard InChI is InChI=1S/C13H13ClN2O3S/c1-8-2-4-12(10(14)6-8)16-20(18,19)9-3-5-13(17)11(15)7-9/h2-7,16-17H,15H2,1H3. The number of phenols is 1. The first kappa shape index (κ1) is 14.5. The number of hydrogen-bond acceptors (Lipinski definition) is 4. The second kappa shape index (κ2) is 5.22. The molecule has 0 aromatic heterocycles. The van der Waals surface area contributed by atoms with Crippen LogP contribution < -0.4 is 10.5 Å². The minimum Gasteiger partial charge on any atom is -0.506 e. The zero-order valence-electron chi connectivity index (χ0n) is 10.6. The lowest BCUT2D eigenvalue weighted by Gasteiger charge is -2.11. The number of aryl methyl sites for hydroxylation is 1. The van der Waals surface area contributed by atoms with Gasteiger partial charge in [-0.05, 0) is 42.8 Å². The van der Waals surface area contributed by atoms with Crippen LogP contribution >= 0.6 is 11.6 Å². The summed E-state index contributed by atoms with van der Waals surface area (Å²) in [6.45, 7) is 1.85. The Kier molecular flexibility index (Phi) is 3.78. The summed E-state index contributed by atoms with van der Waals surface area (Å²) >= 11 is 5.99. The summed E-state index contributed by atoms with van der Waals surface area (Å²) < 4.78 is 26.8. The molecule has 0 bridgehead atoms. The van der Waals surface area contributed by atoms with Crippen molar-refractivity contribution in [2.24, 2.45) is 0 Å². The Morgan fingerprint density at radius 2 is 1.90 bits per heavy atom. The number of nitrogens with one attached hydrogen (secondary N) is 1. The van der Waals surface area contributed by atoms with Crippen molar-refractivity contribution in [2.45, 2.75) is 11.8 Å². The molecule has 7 heteroatoms. The highest BCUT2D eigenvalue weighted by molar-refractivity contribution is 7.92. The Labute approximate surface area is 122 Å². The van der Waals surface area contributed by atoms with Crippen LogP contribution in [0.4, 0.5) is 11.4 Å². The van der Waals surface area contributed by atoms with Crippen LogP contribution in [0, 0.1) is 6.92 Å². The van der Waals surface area contributed by atoms with Crippen LogP contribution in [0.15, 0.2) is 41.3 Å². The Bertz CT molecular complexity index is 760. The van der Waals surface area contributed by atoms with Crippen molar-refractivity contribution in [3.63, 3.8) is 0 Å². The third-order valence-electron chi connectivity index (χ3n) is 2.68. The van der Waals surface area contributed by atoms with Crippen molar-refractivity contribution in [2.75, 3.05) is 10.5 Å². The Morgan fingerprint density at radius 1 is 1.20 bits per heavy atom. The second-order valence-corrected chi connectivity index (χ2v) is 6.40. The molecule has 0 radical (unpaired) electrons. The number of sulfonamides is 1. The molecule has 4 N–H and O–H groups in total. The number of benzene rings is 2. The highest BCUT2D eigenvalue weighted by atomic mass is 35.5. The van der Waals surface area contributed by atoms with Gasteiger partial charge in [-0.15, -0.1) is 0 Å². The fourth-order valence-electron chi connectivity index (χ4n) is 1.61. The lowest BCUT2D eigenvalue weighted by atomic mass is 10.2. The van der Waals surface area contributed by atoms with Gasteiger partial charge >= 0.3 is 0 Å². The number of nitrogens with two attached hydrogens (primary N) is 1. The third-order valence-corrected chi connectivity index (χ3v) is 4.35. The summed E-state index contributed by atoms with van der Waals surface area (Å²) in [5, 5.41) is 9.62. The SMILES string of the molecule is Cc1ccc(NS(=O)(=O)c2ccc(O)c(N)c2)c(Cl)c1. The van der Waals surface area contributed by atoms with Crippen LogP contribution in [0.3, 0.4) is 0 Å². The molecule has 20 heavy (non-hydrogen) atoms. The van der Waals surface area contributed by atoms with Gasteiger partial charge in [0, 0.05) is 0 Å². The Morgan fingerprint density at radius 3 is 2.50 bits per heavy atom. The maximum Gasteiger partial charge on any atom is 0.262 e. The normalized spacial score (nSPS) is 11.3. The van der Waals surface area contributed by atoms with Crippen molar-refractivity contribution in [1.29, 1.82) is 0 Å². The number of phenolic OH excluding ortho intramolecular Hbond substituents is 1. The van der Waals surface area contributed by atoms with E-state index in [4.69, 9.17) is 17.3 Å². The van der Waals surface area contributed by atoms with Gasteiger partial charge in [-0.25, -0.2) is 8.42 Å². The minimum atomic E-state index is -3.81. The van der Waals surface area contributed by atoms with Crippen LogP contribution in [0.25, 0.3) is 0 Å². The van der Waals surface area contributed by atoms with Crippen molar-refractivity contribution < 1.29 is 13.5 Å². The van der Waals surface area contributed by atoms with E-state index in [9.17, 15) is 13.5 Å². The molecule has 0 atom stereocenters. The lowest BCUT2D eigenvalue weighted by Crippen LogP contribution is -2.13. The molecule has 2 aromatic carbocycles. The van der Waals surface area contributed by atoms with Crippen molar-refractivity contribution in [3.05, 3.63) is 47.0 Å².